The van der Waals surface area contributed by atoms with Crippen molar-refractivity contribution in [3.8, 4) is 0 Å². The number of hydrogen-bond donors (Lipinski definition) is 2. The molecule has 2 fully saturated rings. The summed E-state index contributed by atoms with van der Waals surface area (Å²) in [6.07, 6.45) is 2.85. The monoisotopic (exact) mass is 398 g/mol. The molecular weight excluding hydrogens is 372 g/mol. The molecule has 3 heterocycles. The summed E-state index contributed by atoms with van der Waals surface area (Å²) in [5.74, 6) is -0.652. The van der Waals surface area contributed by atoms with Gasteiger partial charge in [-0.1, -0.05) is 18.2 Å². The number of benzene rings is 1. The zero-order valence-electron chi connectivity index (χ0n) is 16.6. The van der Waals surface area contributed by atoms with Gasteiger partial charge in [0.05, 0.1) is 18.2 Å². The number of amides is 2. The Hall–Kier alpha value is -2.71. The number of carbonyl (C=O) groups is 3. The van der Waals surface area contributed by atoms with Crippen molar-refractivity contribution in [2.24, 2.45) is 0 Å². The smallest absolute Gasteiger partial charge is 0.253 e. The predicted octanol–water partition coefficient (Wildman–Crippen LogP) is 1.11. The fourth-order valence-corrected chi connectivity index (χ4v) is 4.10. The summed E-state index contributed by atoms with van der Waals surface area (Å²) >= 11 is 0. The Morgan fingerprint density at radius 3 is 2.76 bits per heavy atom. The number of fused-ring (bicyclic) bond motifs is 2. The minimum atomic E-state index is -0.696. The van der Waals surface area contributed by atoms with E-state index in [2.05, 4.69) is 10.6 Å². The van der Waals surface area contributed by atoms with Crippen molar-refractivity contribution in [1.82, 2.24) is 20.1 Å². The average Bonchev–Trinajstić information content (AvgIpc) is 3.32. The van der Waals surface area contributed by atoms with Gasteiger partial charge in [0.2, 0.25) is 11.8 Å². The molecule has 0 bridgehead atoms. The molecule has 8 heteroatoms. The summed E-state index contributed by atoms with van der Waals surface area (Å²) in [5, 5.41) is 6.65. The van der Waals surface area contributed by atoms with Crippen LogP contribution in [0.4, 0.5) is 0 Å². The fraction of sp³-hybridized carbons (Fsp3) is 0.476. The molecule has 154 valence electrons. The molecule has 2 aliphatic heterocycles. The average molecular weight is 398 g/mol. The standard InChI is InChI=1S/C21H26N4O4/c1-13(22-2)19(26)23-15-10-12-29-18-8-7-17(25(18)20(15)27)21(28)24-11-9-14-5-3-4-6-16(14)24/h3-6,9,11,13,15,17-18,22H,7-8,10,12H2,1-2H3,(H,23,26)/t13-,15-,17-,18-/m0/s1. The lowest BCUT2D eigenvalue weighted by molar-refractivity contribution is -0.143. The third-order valence-electron chi connectivity index (χ3n) is 5.87. The van der Waals surface area contributed by atoms with E-state index >= 15 is 0 Å². The largest absolute Gasteiger partial charge is 0.358 e. The van der Waals surface area contributed by atoms with Crippen molar-refractivity contribution in [1.29, 1.82) is 0 Å². The molecule has 0 saturated carbocycles. The second kappa shape index (κ2) is 7.96. The lowest BCUT2D eigenvalue weighted by Crippen LogP contribution is -2.55. The van der Waals surface area contributed by atoms with E-state index < -0.39 is 24.4 Å². The number of likely N-dealkylation sites (N-methyl/N-ethyl adjacent to an activating group) is 1. The zero-order chi connectivity index (χ0) is 20.5. The van der Waals surface area contributed by atoms with E-state index in [1.165, 1.54) is 0 Å². The lowest BCUT2D eigenvalue weighted by atomic mass is 10.1. The van der Waals surface area contributed by atoms with Crippen LogP contribution in [0.15, 0.2) is 36.5 Å². The van der Waals surface area contributed by atoms with E-state index in [1.54, 1.807) is 29.6 Å². The van der Waals surface area contributed by atoms with Gasteiger partial charge in [-0.05, 0) is 38.9 Å². The van der Waals surface area contributed by atoms with Gasteiger partial charge in [0, 0.05) is 18.0 Å². The van der Waals surface area contributed by atoms with Crippen LogP contribution in [0, 0.1) is 0 Å². The zero-order valence-corrected chi connectivity index (χ0v) is 16.6. The van der Waals surface area contributed by atoms with Gasteiger partial charge in [0.25, 0.3) is 5.91 Å². The highest BCUT2D eigenvalue weighted by molar-refractivity contribution is 5.98. The van der Waals surface area contributed by atoms with Gasteiger partial charge in [-0.15, -0.1) is 0 Å². The van der Waals surface area contributed by atoms with Crippen LogP contribution in [0.5, 0.6) is 0 Å². The molecule has 0 radical (unpaired) electrons. The number of para-hydroxylation sites is 1. The molecule has 1 aromatic heterocycles. The van der Waals surface area contributed by atoms with Gasteiger partial charge < -0.3 is 20.3 Å². The van der Waals surface area contributed by atoms with Crippen molar-refractivity contribution in [2.45, 2.75) is 50.5 Å². The number of carbonyl (C=O) groups excluding carboxylic acids is 3. The van der Waals surface area contributed by atoms with Crippen LogP contribution in [0.1, 0.15) is 31.0 Å². The minimum absolute atomic E-state index is 0.152. The third kappa shape index (κ3) is 3.54. The van der Waals surface area contributed by atoms with Gasteiger partial charge in [-0.2, -0.15) is 0 Å². The van der Waals surface area contributed by atoms with Crippen LogP contribution in [0.25, 0.3) is 10.9 Å². The predicted molar refractivity (Wildman–Crippen MR) is 107 cm³/mol. The Morgan fingerprint density at radius 1 is 1.17 bits per heavy atom. The molecular formula is C21H26N4O4. The normalized spacial score (nSPS) is 25.5. The maximum absolute atomic E-state index is 13.3. The van der Waals surface area contributed by atoms with Gasteiger partial charge in [-0.25, -0.2) is 0 Å². The fourth-order valence-electron chi connectivity index (χ4n) is 4.10. The van der Waals surface area contributed by atoms with Crippen molar-refractivity contribution in [3.63, 3.8) is 0 Å². The quantitative estimate of drug-likeness (QED) is 0.805. The Morgan fingerprint density at radius 2 is 1.97 bits per heavy atom. The molecule has 8 nitrogen and oxygen atoms in total. The number of rotatable bonds is 4. The van der Waals surface area contributed by atoms with Crippen LogP contribution in [0.2, 0.25) is 0 Å². The maximum atomic E-state index is 13.3. The van der Waals surface area contributed by atoms with Crippen LogP contribution in [0.3, 0.4) is 0 Å². The van der Waals surface area contributed by atoms with Gasteiger partial charge in [0.15, 0.2) is 0 Å². The van der Waals surface area contributed by atoms with Crippen molar-refractivity contribution < 1.29 is 19.1 Å². The summed E-state index contributed by atoms with van der Waals surface area (Å²) in [5.41, 5.74) is 0.817. The van der Waals surface area contributed by atoms with E-state index in [0.29, 0.717) is 25.9 Å². The Kier molecular flexibility index (Phi) is 5.38. The SMILES string of the molecule is CN[C@@H](C)C(=O)N[C@H]1CCO[C@H]2CC[C@@H](C(=O)n3ccc4ccccc43)N2C1=O. The van der Waals surface area contributed by atoms with Gasteiger partial charge in [0.1, 0.15) is 18.3 Å². The molecule has 2 saturated heterocycles. The van der Waals surface area contributed by atoms with E-state index in [1.807, 2.05) is 30.3 Å². The first-order valence-corrected chi connectivity index (χ1v) is 10.0. The molecule has 2 amide bonds. The number of hydrogen-bond acceptors (Lipinski definition) is 5. The van der Waals surface area contributed by atoms with Gasteiger partial charge >= 0.3 is 0 Å². The molecule has 0 unspecified atom stereocenters. The third-order valence-corrected chi connectivity index (χ3v) is 5.87. The Bertz CT molecular complexity index is 940. The van der Waals surface area contributed by atoms with Crippen molar-refractivity contribution in [2.75, 3.05) is 13.7 Å². The summed E-state index contributed by atoms with van der Waals surface area (Å²) in [6.45, 7) is 2.09. The molecule has 4 atom stereocenters. The molecule has 4 rings (SSSR count). The second-order valence-corrected chi connectivity index (χ2v) is 7.61. The number of nitrogens with one attached hydrogen (secondary N) is 2. The van der Waals surface area contributed by atoms with Crippen LogP contribution >= 0.6 is 0 Å². The Balaban J connectivity index is 1.58. The van der Waals surface area contributed by atoms with Crippen LogP contribution in [-0.4, -0.2) is 65.2 Å². The maximum Gasteiger partial charge on any atom is 0.253 e. The molecule has 2 aromatic rings. The van der Waals surface area contributed by atoms with Crippen molar-refractivity contribution in [3.05, 3.63) is 36.5 Å². The first-order valence-electron chi connectivity index (χ1n) is 10.0. The van der Waals surface area contributed by atoms with Crippen LogP contribution < -0.4 is 10.6 Å². The van der Waals surface area contributed by atoms with E-state index in [9.17, 15) is 14.4 Å². The topological polar surface area (TPSA) is 92.7 Å². The number of aromatic nitrogens is 1. The minimum Gasteiger partial charge on any atom is -0.358 e. The van der Waals surface area contributed by atoms with E-state index in [4.69, 9.17) is 4.74 Å². The Labute approximate surface area is 169 Å². The van der Waals surface area contributed by atoms with E-state index in [0.717, 1.165) is 10.9 Å². The summed E-state index contributed by atoms with van der Waals surface area (Å²) < 4.78 is 7.47. The van der Waals surface area contributed by atoms with Crippen LogP contribution in [-0.2, 0) is 14.3 Å². The van der Waals surface area contributed by atoms with E-state index in [-0.39, 0.29) is 17.7 Å². The number of nitrogens with zero attached hydrogens (tertiary/aromatic N) is 2. The van der Waals surface area contributed by atoms with Crippen molar-refractivity contribution >= 4 is 28.6 Å². The first-order chi connectivity index (χ1) is 14.0. The molecule has 0 aliphatic carbocycles. The molecule has 2 aliphatic rings. The summed E-state index contributed by atoms with van der Waals surface area (Å²) in [4.78, 5) is 40.4. The summed E-state index contributed by atoms with van der Waals surface area (Å²) in [6, 6.07) is 7.83. The number of ether oxygens (including phenoxy) is 1. The highest BCUT2D eigenvalue weighted by Crippen LogP contribution is 2.30. The highest BCUT2D eigenvalue weighted by atomic mass is 16.5. The highest BCUT2D eigenvalue weighted by Gasteiger charge is 2.46. The molecule has 2 N–H and O–H groups in total. The van der Waals surface area contributed by atoms with Gasteiger partial charge in [-0.3, -0.25) is 19.0 Å². The first kappa shape index (κ1) is 19.6. The lowest BCUT2D eigenvalue weighted by Gasteiger charge is -2.30. The molecule has 29 heavy (non-hydrogen) atoms. The summed E-state index contributed by atoms with van der Waals surface area (Å²) in [7, 11) is 1.69. The molecule has 0 spiro atoms. The second-order valence-electron chi connectivity index (χ2n) is 7.61. The molecule has 1 aromatic carbocycles.